The largest absolute Gasteiger partial charge is 0.391 e. The van der Waals surface area contributed by atoms with Crippen molar-refractivity contribution >= 4 is 5.91 Å². The van der Waals surface area contributed by atoms with Gasteiger partial charge in [0, 0.05) is 32.2 Å². The summed E-state index contributed by atoms with van der Waals surface area (Å²) in [5.41, 5.74) is 0.322. The average Bonchev–Trinajstić information content (AvgIpc) is 3.08. The Morgan fingerprint density at radius 3 is 2.90 bits per heavy atom. The molecule has 1 atom stereocenters. The molecule has 1 aromatic heterocycles. The fourth-order valence-corrected chi connectivity index (χ4v) is 2.56. The summed E-state index contributed by atoms with van der Waals surface area (Å²) in [5, 5.41) is 13.3. The SMILES string of the molecule is O=C(c1cc(CN2CCOCC2)on1)N1CC[C@@H](O)C1. The number of hydrogen-bond acceptors (Lipinski definition) is 6. The maximum atomic E-state index is 12.2. The molecule has 20 heavy (non-hydrogen) atoms. The molecule has 1 N–H and O–H groups in total. The number of carbonyl (C=O) groups excluding carboxylic acids is 1. The van der Waals surface area contributed by atoms with Crippen LogP contribution in [0.2, 0.25) is 0 Å². The van der Waals surface area contributed by atoms with Crippen LogP contribution in [0, 0.1) is 0 Å². The van der Waals surface area contributed by atoms with Crippen LogP contribution in [0.15, 0.2) is 10.6 Å². The van der Waals surface area contributed by atoms with Crippen LogP contribution in [0.1, 0.15) is 22.7 Å². The van der Waals surface area contributed by atoms with E-state index in [9.17, 15) is 9.90 Å². The molecule has 7 nitrogen and oxygen atoms in total. The van der Waals surface area contributed by atoms with Crippen molar-refractivity contribution < 1.29 is 19.2 Å². The van der Waals surface area contributed by atoms with Crippen molar-refractivity contribution in [2.45, 2.75) is 19.1 Å². The van der Waals surface area contributed by atoms with Crippen LogP contribution in [0.3, 0.4) is 0 Å². The number of nitrogens with zero attached hydrogens (tertiary/aromatic N) is 3. The van der Waals surface area contributed by atoms with E-state index in [4.69, 9.17) is 9.26 Å². The standard InChI is InChI=1S/C13H19N3O4/c17-10-1-2-16(8-10)13(18)12-7-11(20-14-12)9-15-3-5-19-6-4-15/h7,10,17H,1-6,8-9H2/t10-/m1/s1. The topological polar surface area (TPSA) is 79.0 Å². The fourth-order valence-electron chi connectivity index (χ4n) is 2.56. The van der Waals surface area contributed by atoms with Gasteiger partial charge in [-0.2, -0.15) is 0 Å². The Kier molecular flexibility index (Phi) is 4.00. The molecule has 3 rings (SSSR count). The number of rotatable bonds is 3. The maximum Gasteiger partial charge on any atom is 0.276 e. The molecule has 2 aliphatic rings. The third kappa shape index (κ3) is 3.00. The normalized spacial score (nSPS) is 24.2. The van der Waals surface area contributed by atoms with Crippen LogP contribution in [-0.4, -0.2) is 71.5 Å². The zero-order valence-corrected chi connectivity index (χ0v) is 11.3. The van der Waals surface area contributed by atoms with E-state index < -0.39 is 6.10 Å². The summed E-state index contributed by atoms with van der Waals surface area (Å²) >= 11 is 0. The van der Waals surface area contributed by atoms with Crippen LogP contribution in [0.5, 0.6) is 0 Å². The Hall–Kier alpha value is -1.44. The first kappa shape index (κ1) is 13.5. The predicted molar refractivity (Wildman–Crippen MR) is 69.1 cm³/mol. The molecule has 2 saturated heterocycles. The first-order valence-corrected chi connectivity index (χ1v) is 6.95. The van der Waals surface area contributed by atoms with E-state index in [1.807, 2.05) is 0 Å². The van der Waals surface area contributed by atoms with Gasteiger partial charge in [-0.1, -0.05) is 5.16 Å². The molecular formula is C13H19N3O4. The predicted octanol–water partition coefficient (Wildman–Crippen LogP) is -0.286. The molecule has 7 heteroatoms. The number of β-amino-alcohol motifs (C(OH)–C–C–N with tert-alkyl or cyclic N) is 1. The maximum absolute atomic E-state index is 12.2. The molecule has 0 saturated carbocycles. The van der Waals surface area contributed by atoms with Crippen molar-refractivity contribution in [3.63, 3.8) is 0 Å². The first-order valence-electron chi connectivity index (χ1n) is 6.95. The van der Waals surface area contributed by atoms with E-state index in [1.54, 1.807) is 11.0 Å². The second-order valence-corrected chi connectivity index (χ2v) is 5.26. The summed E-state index contributed by atoms with van der Waals surface area (Å²) in [6, 6.07) is 1.70. The van der Waals surface area contributed by atoms with Crippen molar-refractivity contribution in [1.82, 2.24) is 15.0 Å². The van der Waals surface area contributed by atoms with Crippen molar-refractivity contribution in [2.75, 3.05) is 39.4 Å². The summed E-state index contributed by atoms with van der Waals surface area (Å²) in [4.78, 5) is 16.0. The van der Waals surface area contributed by atoms with Crippen molar-refractivity contribution in [2.24, 2.45) is 0 Å². The highest BCUT2D eigenvalue weighted by Gasteiger charge is 2.27. The van der Waals surface area contributed by atoms with Crippen LogP contribution >= 0.6 is 0 Å². The van der Waals surface area contributed by atoms with Gasteiger partial charge in [0.15, 0.2) is 11.5 Å². The highest BCUT2D eigenvalue weighted by molar-refractivity contribution is 5.92. The Bertz CT molecular complexity index is 470. The van der Waals surface area contributed by atoms with Gasteiger partial charge in [-0.15, -0.1) is 0 Å². The highest BCUT2D eigenvalue weighted by Crippen LogP contribution is 2.15. The second-order valence-electron chi connectivity index (χ2n) is 5.26. The number of morpholine rings is 1. The van der Waals surface area contributed by atoms with Gasteiger partial charge in [0.1, 0.15) is 0 Å². The summed E-state index contributed by atoms with van der Waals surface area (Å²) in [5.74, 6) is 0.522. The smallest absolute Gasteiger partial charge is 0.276 e. The lowest BCUT2D eigenvalue weighted by atomic mass is 10.3. The molecule has 0 spiro atoms. The summed E-state index contributed by atoms with van der Waals surface area (Å²) in [7, 11) is 0. The zero-order chi connectivity index (χ0) is 13.9. The number of amides is 1. The second kappa shape index (κ2) is 5.90. The first-order chi connectivity index (χ1) is 9.72. The molecule has 1 aromatic rings. The highest BCUT2D eigenvalue weighted by atomic mass is 16.5. The minimum Gasteiger partial charge on any atom is -0.391 e. The fraction of sp³-hybridized carbons (Fsp3) is 0.692. The number of aliphatic hydroxyl groups excluding tert-OH is 1. The minimum absolute atomic E-state index is 0.168. The monoisotopic (exact) mass is 281 g/mol. The van der Waals surface area contributed by atoms with Crippen molar-refractivity contribution in [3.8, 4) is 0 Å². The van der Waals surface area contributed by atoms with E-state index in [0.29, 0.717) is 37.5 Å². The summed E-state index contributed by atoms with van der Waals surface area (Å²) in [6.45, 7) is 4.78. The lowest BCUT2D eigenvalue weighted by Gasteiger charge is -2.25. The van der Waals surface area contributed by atoms with Crippen LogP contribution in [0.4, 0.5) is 0 Å². The zero-order valence-electron chi connectivity index (χ0n) is 11.3. The van der Waals surface area contributed by atoms with Crippen LogP contribution in [-0.2, 0) is 11.3 Å². The molecule has 0 aromatic carbocycles. The van der Waals surface area contributed by atoms with Gasteiger partial charge in [-0.25, -0.2) is 0 Å². The average molecular weight is 281 g/mol. The quantitative estimate of drug-likeness (QED) is 0.820. The molecule has 2 fully saturated rings. The molecule has 3 heterocycles. The summed E-state index contributed by atoms with van der Waals surface area (Å²) in [6.07, 6.45) is 0.211. The van der Waals surface area contributed by atoms with Crippen molar-refractivity contribution in [3.05, 3.63) is 17.5 Å². The number of ether oxygens (including phenoxy) is 1. The Labute approximate surface area is 117 Å². The van der Waals surface area contributed by atoms with E-state index in [1.165, 1.54) is 0 Å². The molecule has 1 amide bonds. The molecule has 0 unspecified atom stereocenters. The Morgan fingerprint density at radius 1 is 1.40 bits per heavy atom. The third-order valence-electron chi connectivity index (χ3n) is 3.71. The lowest BCUT2D eigenvalue weighted by Crippen LogP contribution is -2.35. The number of carbonyl (C=O) groups is 1. The van der Waals surface area contributed by atoms with Gasteiger partial charge in [0.05, 0.1) is 25.9 Å². The molecular weight excluding hydrogens is 262 g/mol. The molecule has 0 radical (unpaired) electrons. The van der Waals surface area contributed by atoms with E-state index in [0.717, 1.165) is 26.3 Å². The number of hydrogen-bond donors (Lipinski definition) is 1. The minimum atomic E-state index is -0.418. The van der Waals surface area contributed by atoms with E-state index >= 15 is 0 Å². The van der Waals surface area contributed by atoms with Gasteiger partial charge in [-0.3, -0.25) is 9.69 Å². The van der Waals surface area contributed by atoms with Gasteiger partial charge >= 0.3 is 0 Å². The molecule has 2 aliphatic heterocycles. The van der Waals surface area contributed by atoms with E-state index in [-0.39, 0.29) is 5.91 Å². The lowest BCUT2D eigenvalue weighted by molar-refractivity contribution is 0.0305. The molecule has 110 valence electrons. The third-order valence-corrected chi connectivity index (χ3v) is 3.71. The summed E-state index contributed by atoms with van der Waals surface area (Å²) < 4.78 is 10.5. The van der Waals surface area contributed by atoms with Gasteiger partial charge < -0.3 is 19.3 Å². The Morgan fingerprint density at radius 2 is 2.20 bits per heavy atom. The van der Waals surface area contributed by atoms with Gasteiger partial charge in [0.2, 0.25) is 0 Å². The number of aromatic nitrogens is 1. The number of aliphatic hydroxyl groups is 1. The molecule has 0 bridgehead atoms. The molecule has 0 aliphatic carbocycles. The van der Waals surface area contributed by atoms with Crippen LogP contribution in [0.25, 0.3) is 0 Å². The van der Waals surface area contributed by atoms with Crippen molar-refractivity contribution in [1.29, 1.82) is 0 Å². The van der Waals surface area contributed by atoms with Gasteiger partial charge in [0.25, 0.3) is 5.91 Å². The van der Waals surface area contributed by atoms with Gasteiger partial charge in [-0.05, 0) is 6.42 Å². The number of likely N-dealkylation sites (tertiary alicyclic amines) is 1. The van der Waals surface area contributed by atoms with E-state index in [2.05, 4.69) is 10.1 Å². The Balaban J connectivity index is 1.59. The van der Waals surface area contributed by atoms with Crippen LogP contribution < -0.4 is 0 Å².